The van der Waals surface area contributed by atoms with Crippen LogP contribution in [0.25, 0.3) is 0 Å². The molecule has 1 N–H and O–H groups in total. The lowest BCUT2D eigenvalue weighted by molar-refractivity contribution is -0.142. The fourth-order valence-corrected chi connectivity index (χ4v) is 3.46. The number of hydrogen-bond acceptors (Lipinski definition) is 3. The zero-order valence-electron chi connectivity index (χ0n) is 14.7. The van der Waals surface area contributed by atoms with Crippen molar-refractivity contribution < 1.29 is 14.7 Å². The standard InChI is InChI=1S/C21H19N3O3/c25-20(16-8-6-15(7-9-16)13-23-11-3-10-22-23)24-14-18-5-2-1-4-17(18)12-19(24)21(26)27/h1-11,19H,12-14H2,(H,26,27)/t19-/m1/s1. The van der Waals surface area contributed by atoms with Gasteiger partial charge in [-0.15, -0.1) is 0 Å². The number of fused-ring (bicyclic) bond motifs is 1. The Balaban J connectivity index is 1.56. The minimum Gasteiger partial charge on any atom is -0.480 e. The first-order valence-corrected chi connectivity index (χ1v) is 8.79. The van der Waals surface area contributed by atoms with Gasteiger partial charge in [0.2, 0.25) is 0 Å². The Kier molecular flexibility index (Phi) is 4.46. The molecule has 4 rings (SSSR count). The Morgan fingerprint density at radius 1 is 1.04 bits per heavy atom. The van der Waals surface area contributed by atoms with Crippen molar-refractivity contribution in [1.29, 1.82) is 0 Å². The van der Waals surface area contributed by atoms with Crippen LogP contribution < -0.4 is 0 Å². The van der Waals surface area contributed by atoms with Crippen LogP contribution in [-0.4, -0.2) is 37.7 Å². The molecule has 1 aliphatic heterocycles. The van der Waals surface area contributed by atoms with Crippen molar-refractivity contribution in [2.75, 3.05) is 0 Å². The van der Waals surface area contributed by atoms with Gasteiger partial charge in [-0.25, -0.2) is 4.79 Å². The quantitative estimate of drug-likeness (QED) is 0.775. The summed E-state index contributed by atoms with van der Waals surface area (Å²) in [6.07, 6.45) is 3.93. The number of carbonyl (C=O) groups is 2. The van der Waals surface area contributed by atoms with Crippen LogP contribution in [0.15, 0.2) is 67.0 Å². The first-order valence-electron chi connectivity index (χ1n) is 8.79. The Morgan fingerprint density at radius 2 is 1.78 bits per heavy atom. The first kappa shape index (κ1) is 17.0. The van der Waals surface area contributed by atoms with Crippen LogP contribution in [0.4, 0.5) is 0 Å². The highest BCUT2D eigenvalue weighted by atomic mass is 16.4. The molecule has 2 heterocycles. The fraction of sp³-hybridized carbons (Fsp3) is 0.190. The maximum atomic E-state index is 13.0. The lowest BCUT2D eigenvalue weighted by atomic mass is 9.93. The second-order valence-corrected chi connectivity index (χ2v) is 6.66. The van der Waals surface area contributed by atoms with E-state index in [-0.39, 0.29) is 5.91 Å². The molecule has 0 aliphatic carbocycles. The molecule has 6 nitrogen and oxygen atoms in total. The third-order valence-corrected chi connectivity index (χ3v) is 4.90. The molecule has 0 saturated heterocycles. The van der Waals surface area contributed by atoms with Crippen molar-refractivity contribution in [3.8, 4) is 0 Å². The molecule has 0 saturated carbocycles. The molecule has 1 aromatic heterocycles. The summed E-state index contributed by atoms with van der Waals surface area (Å²) < 4.78 is 1.80. The number of benzene rings is 2. The van der Waals surface area contributed by atoms with Crippen molar-refractivity contribution in [2.45, 2.75) is 25.6 Å². The molecule has 1 amide bonds. The van der Waals surface area contributed by atoms with E-state index in [4.69, 9.17) is 0 Å². The van der Waals surface area contributed by atoms with Gasteiger partial charge >= 0.3 is 5.97 Å². The van der Waals surface area contributed by atoms with Gasteiger partial charge < -0.3 is 10.0 Å². The molecule has 3 aromatic rings. The van der Waals surface area contributed by atoms with Crippen LogP contribution in [0.2, 0.25) is 0 Å². The molecule has 6 heteroatoms. The predicted molar refractivity (Wildman–Crippen MR) is 99.2 cm³/mol. The monoisotopic (exact) mass is 361 g/mol. The van der Waals surface area contributed by atoms with Gasteiger partial charge in [0.1, 0.15) is 6.04 Å². The molecule has 136 valence electrons. The molecule has 0 spiro atoms. The van der Waals surface area contributed by atoms with Gasteiger partial charge in [0.15, 0.2) is 0 Å². The summed E-state index contributed by atoms with van der Waals surface area (Å²) in [6, 6.07) is 15.9. The fourth-order valence-electron chi connectivity index (χ4n) is 3.46. The topological polar surface area (TPSA) is 75.4 Å². The average Bonchev–Trinajstić information content (AvgIpc) is 3.20. The molecule has 27 heavy (non-hydrogen) atoms. The van der Waals surface area contributed by atoms with E-state index >= 15 is 0 Å². The van der Waals surface area contributed by atoms with Gasteiger partial charge in [0, 0.05) is 30.9 Å². The predicted octanol–water partition coefficient (Wildman–Crippen LogP) is 2.58. The third kappa shape index (κ3) is 3.46. The molecule has 1 atom stereocenters. The van der Waals surface area contributed by atoms with Gasteiger partial charge in [-0.1, -0.05) is 36.4 Å². The van der Waals surface area contributed by atoms with Gasteiger partial charge in [-0.2, -0.15) is 5.10 Å². The second-order valence-electron chi connectivity index (χ2n) is 6.66. The second kappa shape index (κ2) is 7.07. The first-order chi connectivity index (χ1) is 13.1. The highest BCUT2D eigenvalue weighted by Gasteiger charge is 2.34. The Labute approximate surface area is 156 Å². The van der Waals surface area contributed by atoms with Crippen LogP contribution in [0.1, 0.15) is 27.0 Å². The lowest BCUT2D eigenvalue weighted by Crippen LogP contribution is -2.48. The molecule has 0 unspecified atom stereocenters. The average molecular weight is 361 g/mol. The zero-order valence-corrected chi connectivity index (χ0v) is 14.7. The number of amides is 1. The van der Waals surface area contributed by atoms with E-state index in [1.165, 1.54) is 4.90 Å². The van der Waals surface area contributed by atoms with E-state index in [0.717, 1.165) is 16.7 Å². The Bertz CT molecular complexity index is 965. The Morgan fingerprint density at radius 3 is 2.44 bits per heavy atom. The maximum Gasteiger partial charge on any atom is 0.326 e. The maximum absolute atomic E-state index is 13.0. The summed E-state index contributed by atoms with van der Waals surface area (Å²) in [7, 11) is 0. The number of nitrogens with zero attached hydrogens (tertiary/aromatic N) is 3. The highest BCUT2D eigenvalue weighted by molar-refractivity contribution is 5.97. The molecule has 0 radical (unpaired) electrons. The molecular weight excluding hydrogens is 342 g/mol. The van der Waals surface area contributed by atoms with E-state index in [9.17, 15) is 14.7 Å². The molecular formula is C21H19N3O3. The van der Waals surface area contributed by atoms with E-state index < -0.39 is 12.0 Å². The number of aliphatic carboxylic acids is 1. The summed E-state index contributed by atoms with van der Waals surface area (Å²) in [5.41, 5.74) is 3.50. The van der Waals surface area contributed by atoms with Gasteiger partial charge in [0.25, 0.3) is 5.91 Å². The van der Waals surface area contributed by atoms with E-state index in [1.54, 1.807) is 23.0 Å². The number of carboxylic acid groups (broad SMARTS) is 1. The normalized spacial score (nSPS) is 16.0. The molecule has 1 aliphatic rings. The number of aromatic nitrogens is 2. The summed E-state index contributed by atoms with van der Waals surface area (Å²) in [5, 5.41) is 13.8. The minimum absolute atomic E-state index is 0.262. The number of carbonyl (C=O) groups excluding carboxylic acids is 1. The van der Waals surface area contributed by atoms with Crippen molar-refractivity contribution in [3.63, 3.8) is 0 Å². The summed E-state index contributed by atoms with van der Waals surface area (Å²) in [5.74, 6) is -1.24. The summed E-state index contributed by atoms with van der Waals surface area (Å²) >= 11 is 0. The van der Waals surface area contributed by atoms with Crippen LogP contribution in [0.3, 0.4) is 0 Å². The number of rotatable bonds is 4. The van der Waals surface area contributed by atoms with Gasteiger partial charge in [0.05, 0.1) is 6.54 Å². The number of hydrogen-bond donors (Lipinski definition) is 1. The molecule has 0 fully saturated rings. The Hall–Kier alpha value is -3.41. The van der Waals surface area contributed by atoms with Gasteiger partial charge in [-0.3, -0.25) is 9.48 Å². The van der Waals surface area contributed by atoms with Crippen LogP contribution in [-0.2, 0) is 24.3 Å². The van der Waals surface area contributed by atoms with Crippen molar-refractivity contribution in [2.24, 2.45) is 0 Å². The third-order valence-electron chi connectivity index (χ3n) is 4.90. The van der Waals surface area contributed by atoms with Crippen molar-refractivity contribution >= 4 is 11.9 Å². The van der Waals surface area contributed by atoms with Crippen molar-refractivity contribution in [1.82, 2.24) is 14.7 Å². The van der Waals surface area contributed by atoms with E-state index in [2.05, 4.69) is 5.10 Å². The molecule has 2 aromatic carbocycles. The van der Waals surface area contributed by atoms with Crippen LogP contribution in [0.5, 0.6) is 0 Å². The van der Waals surface area contributed by atoms with Gasteiger partial charge in [-0.05, 0) is 34.9 Å². The lowest BCUT2D eigenvalue weighted by Gasteiger charge is -2.34. The van der Waals surface area contributed by atoms with E-state index in [0.29, 0.717) is 25.1 Å². The summed E-state index contributed by atoms with van der Waals surface area (Å²) in [6.45, 7) is 0.928. The zero-order chi connectivity index (χ0) is 18.8. The smallest absolute Gasteiger partial charge is 0.326 e. The van der Waals surface area contributed by atoms with Crippen molar-refractivity contribution in [3.05, 3.63) is 89.2 Å². The molecule has 0 bridgehead atoms. The minimum atomic E-state index is -0.979. The van der Waals surface area contributed by atoms with Crippen LogP contribution >= 0.6 is 0 Å². The number of carboxylic acids is 1. The SMILES string of the molecule is O=C(O)[C@H]1Cc2ccccc2CN1C(=O)c1ccc(Cn2cccn2)cc1. The highest BCUT2D eigenvalue weighted by Crippen LogP contribution is 2.25. The van der Waals surface area contributed by atoms with Crippen LogP contribution in [0, 0.1) is 0 Å². The largest absolute Gasteiger partial charge is 0.480 e. The summed E-state index contributed by atoms with van der Waals surface area (Å²) in [4.78, 5) is 26.2. The van der Waals surface area contributed by atoms with E-state index in [1.807, 2.05) is 48.7 Å².